The lowest BCUT2D eigenvalue weighted by molar-refractivity contribution is 0.104. The van der Waals surface area contributed by atoms with Gasteiger partial charge in [-0.25, -0.2) is 4.39 Å². The predicted molar refractivity (Wildman–Crippen MR) is 80.8 cm³/mol. The molecule has 2 aromatic rings. The van der Waals surface area contributed by atoms with E-state index in [1.54, 1.807) is 30.3 Å². The molecule has 0 aromatic heterocycles. The number of halogens is 1. The third kappa shape index (κ3) is 2.93. The second-order valence-corrected chi connectivity index (χ2v) is 4.89. The molecule has 1 aliphatic rings. The van der Waals surface area contributed by atoms with Gasteiger partial charge in [-0.15, -0.1) is 0 Å². The number of benzene rings is 2. The van der Waals surface area contributed by atoms with Gasteiger partial charge in [-0.05, 0) is 42.8 Å². The van der Waals surface area contributed by atoms with E-state index in [0.29, 0.717) is 22.7 Å². The molecule has 0 unspecified atom stereocenters. The van der Waals surface area contributed by atoms with Gasteiger partial charge in [0, 0.05) is 17.8 Å². The smallest absolute Gasteiger partial charge is 0.231 e. The van der Waals surface area contributed by atoms with Crippen molar-refractivity contribution in [3.05, 3.63) is 65.6 Å². The molecule has 112 valence electrons. The van der Waals surface area contributed by atoms with Crippen molar-refractivity contribution in [2.24, 2.45) is 0 Å². The number of hydrogen-bond acceptors (Lipinski definition) is 4. The standard InChI is InChI=1S/C17H14FNO3/c1-11-2-4-14(13(18)8-11)19-7-6-15(20)12-3-5-16-17(9-12)22-10-21-16/h2-9,19H,10H2,1H3. The number of aryl methyl sites for hydroxylation is 1. The zero-order valence-electron chi connectivity index (χ0n) is 11.9. The number of fused-ring (bicyclic) bond motifs is 1. The predicted octanol–water partition coefficient (Wildman–Crippen LogP) is 3.67. The van der Waals surface area contributed by atoms with E-state index in [4.69, 9.17) is 9.47 Å². The van der Waals surface area contributed by atoms with Crippen LogP contribution in [0.4, 0.5) is 10.1 Å². The summed E-state index contributed by atoms with van der Waals surface area (Å²) in [7, 11) is 0. The highest BCUT2D eigenvalue weighted by Gasteiger charge is 2.15. The first-order chi connectivity index (χ1) is 10.6. The highest BCUT2D eigenvalue weighted by Crippen LogP contribution is 2.32. The minimum absolute atomic E-state index is 0.164. The monoisotopic (exact) mass is 299 g/mol. The van der Waals surface area contributed by atoms with Gasteiger partial charge in [0.25, 0.3) is 0 Å². The van der Waals surface area contributed by atoms with Crippen LogP contribution >= 0.6 is 0 Å². The van der Waals surface area contributed by atoms with Crippen LogP contribution in [0.15, 0.2) is 48.7 Å². The highest BCUT2D eigenvalue weighted by molar-refractivity contribution is 6.05. The number of anilines is 1. The van der Waals surface area contributed by atoms with Crippen molar-refractivity contribution in [3.8, 4) is 11.5 Å². The van der Waals surface area contributed by atoms with Crippen LogP contribution in [0.3, 0.4) is 0 Å². The van der Waals surface area contributed by atoms with Crippen molar-refractivity contribution in [2.75, 3.05) is 12.1 Å². The highest BCUT2D eigenvalue weighted by atomic mass is 19.1. The van der Waals surface area contributed by atoms with Crippen LogP contribution in [0.2, 0.25) is 0 Å². The SMILES string of the molecule is Cc1ccc(NC=CC(=O)c2ccc3c(c2)OCO3)c(F)c1. The second kappa shape index (κ2) is 5.89. The quantitative estimate of drug-likeness (QED) is 0.691. The molecule has 0 amide bonds. The molecule has 0 aliphatic carbocycles. The summed E-state index contributed by atoms with van der Waals surface area (Å²) in [5.74, 6) is 0.607. The Bertz CT molecular complexity index is 756. The van der Waals surface area contributed by atoms with Crippen LogP contribution in [0.25, 0.3) is 0 Å². The van der Waals surface area contributed by atoms with Crippen LogP contribution < -0.4 is 14.8 Å². The number of hydrogen-bond donors (Lipinski definition) is 1. The molecular weight excluding hydrogens is 285 g/mol. The molecule has 0 radical (unpaired) electrons. The van der Waals surface area contributed by atoms with Crippen LogP contribution in [-0.4, -0.2) is 12.6 Å². The van der Waals surface area contributed by atoms with Crippen molar-refractivity contribution in [2.45, 2.75) is 6.92 Å². The molecule has 22 heavy (non-hydrogen) atoms. The van der Waals surface area contributed by atoms with Crippen LogP contribution in [0.5, 0.6) is 11.5 Å². The fourth-order valence-corrected chi connectivity index (χ4v) is 2.09. The Balaban J connectivity index is 1.68. The number of carbonyl (C=O) groups excluding carboxylic acids is 1. The topological polar surface area (TPSA) is 47.6 Å². The Morgan fingerprint density at radius 3 is 2.82 bits per heavy atom. The second-order valence-electron chi connectivity index (χ2n) is 4.89. The van der Waals surface area contributed by atoms with E-state index < -0.39 is 0 Å². The van der Waals surface area contributed by atoms with E-state index in [2.05, 4.69) is 5.32 Å². The summed E-state index contributed by atoms with van der Waals surface area (Å²) < 4.78 is 24.1. The molecule has 0 atom stereocenters. The largest absolute Gasteiger partial charge is 0.454 e. The summed E-state index contributed by atoms with van der Waals surface area (Å²) in [5.41, 5.74) is 1.63. The van der Waals surface area contributed by atoms with Crippen molar-refractivity contribution in [1.29, 1.82) is 0 Å². The molecule has 0 bridgehead atoms. The van der Waals surface area contributed by atoms with Gasteiger partial charge in [0.05, 0.1) is 5.69 Å². The van der Waals surface area contributed by atoms with E-state index in [0.717, 1.165) is 5.56 Å². The summed E-state index contributed by atoms with van der Waals surface area (Å²) in [6, 6.07) is 9.82. The molecule has 0 spiro atoms. The molecule has 0 fully saturated rings. The van der Waals surface area contributed by atoms with Gasteiger partial charge in [-0.1, -0.05) is 6.07 Å². The van der Waals surface area contributed by atoms with E-state index >= 15 is 0 Å². The van der Waals surface area contributed by atoms with Gasteiger partial charge >= 0.3 is 0 Å². The number of ether oxygens (including phenoxy) is 2. The summed E-state index contributed by atoms with van der Waals surface area (Å²) in [6.07, 6.45) is 2.76. The summed E-state index contributed by atoms with van der Waals surface area (Å²) in [5, 5.41) is 2.76. The fraction of sp³-hybridized carbons (Fsp3) is 0.118. The molecule has 2 aromatic carbocycles. The molecule has 1 heterocycles. The molecular formula is C17H14FNO3. The number of carbonyl (C=O) groups is 1. The maximum absolute atomic E-state index is 13.6. The normalized spacial score (nSPS) is 12.6. The summed E-state index contributed by atoms with van der Waals surface area (Å²) in [4.78, 5) is 12.1. The molecule has 3 rings (SSSR count). The lowest BCUT2D eigenvalue weighted by Gasteiger charge is -2.03. The minimum atomic E-state index is -0.361. The van der Waals surface area contributed by atoms with Crippen LogP contribution in [-0.2, 0) is 0 Å². The maximum atomic E-state index is 13.6. The average molecular weight is 299 g/mol. The van der Waals surface area contributed by atoms with Gasteiger partial charge in [-0.3, -0.25) is 4.79 Å². The Labute approximate surface area is 127 Å². The van der Waals surface area contributed by atoms with Crippen molar-refractivity contribution < 1.29 is 18.7 Å². The molecule has 1 aliphatic heterocycles. The minimum Gasteiger partial charge on any atom is -0.454 e. The van der Waals surface area contributed by atoms with E-state index in [-0.39, 0.29) is 18.4 Å². The van der Waals surface area contributed by atoms with Crippen LogP contribution in [0, 0.1) is 12.7 Å². The number of allylic oxidation sites excluding steroid dienone is 1. The number of ketones is 1. The zero-order chi connectivity index (χ0) is 15.5. The number of nitrogens with one attached hydrogen (secondary N) is 1. The van der Waals surface area contributed by atoms with Crippen molar-refractivity contribution >= 4 is 11.5 Å². The van der Waals surface area contributed by atoms with Gasteiger partial charge in [0.15, 0.2) is 17.3 Å². The lowest BCUT2D eigenvalue weighted by atomic mass is 10.1. The Kier molecular flexibility index (Phi) is 3.78. The number of rotatable bonds is 4. The summed E-state index contributed by atoms with van der Waals surface area (Å²) >= 11 is 0. The molecule has 0 saturated heterocycles. The van der Waals surface area contributed by atoms with Crippen molar-refractivity contribution in [1.82, 2.24) is 0 Å². The van der Waals surface area contributed by atoms with Gasteiger partial charge in [0.2, 0.25) is 6.79 Å². The lowest BCUT2D eigenvalue weighted by Crippen LogP contribution is -1.97. The molecule has 1 N–H and O–H groups in total. The molecule has 5 heteroatoms. The van der Waals surface area contributed by atoms with Crippen LogP contribution in [0.1, 0.15) is 15.9 Å². The first-order valence-corrected chi connectivity index (χ1v) is 6.77. The van der Waals surface area contributed by atoms with E-state index in [1.165, 1.54) is 18.3 Å². The van der Waals surface area contributed by atoms with Gasteiger partial charge < -0.3 is 14.8 Å². The van der Waals surface area contributed by atoms with Crippen molar-refractivity contribution in [3.63, 3.8) is 0 Å². The Morgan fingerprint density at radius 2 is 2.00 bits per heavy atom. The first-order valence-electron chi connectivity index (χ1n) is 6.77. The third-order valence-electron chi connectivity index (χ3n) is 3.26. The van der Waals surface area contributed by atoms with E-state index in [9.17, 15) is 9.18 Å². The molecule has 4 nitrogen and oxygen atoms in total. The molecule has 0 saturated carbocycles. The average Bonchev–Trinajstić information content (AvgIpc) is 2.96. The van der Waals surface area contributed by atoms with Gasteiger partial charge in [0.1, 0.15) is 5.82 Å². The van der Waals surface area contributed by atoms with Gasteiger partial charge in [-0.2, -0.15) is 0 Å². The Morgan fingerprint density at radius 1 is 1.18 bits per heavy atom. The summed E-state index contributed by atoms with van der Waals surface area (Å²) in [6.45, 7) is 1.98. The maximum Gasteiger partial charge on any atom is 0.231 e. The Hall–Kier alpha value is -2.82. The first kappa shape index (κ1) is 14.1. The third-order valence-corrected chi connectivity index (χ3v) is 3.26. The van der Waals surface area contributed by atoms with E-state index in [1.807, 2.05) is 6.92 Å². The zero-order valence-corrected chi connectivity index (χ0v) is 11.9. The fourth-order valence-electron chi connectivity index (χ4n) is 2.09.